The quantitative estimate of drug-likeness (QED) is 0.579. The van der Waals surface area contributed by atoms with Gasteiger partial charge in [0, 0.05) is 0 Å². The third-order valence-electron chi connectivity index (χ3n) is 2.79. The minimum absolute atomic E-state index is 0. The third kappa shape index (κ3) is 5.27. The van der Waals surface area contributed by atoms with Crippen LogP contribution in [-0.4, -0.2) is 13.3 Å². The number of carbonyl (C=O) groups excluding carboxylic acids is 1. The Morgan fingerprint density at radius 1 is 1.05 bits per heavy atom. The van der Waals surface area contributed by atoms with Crippen molar-refractivity contribution in [3.63, 3.8) is 0 Å². The van der Waals surface area contributed by atoms with E-state index in [9.17, 15) is 17.7 Å². The number of aldehydes is 1. The molecule has 2 rings (SSSR count). The van der Waals surface area contributed by atoms with E-state index in [1.165, 1.54) is 6.07 Å². The minimum Gasteiger partial charge on any atom is -0.489 e. The number of hydrogen-bond acceptors (Lipinski definition) is 2. The third-order valence-corrected chi connectivity index (χ3v) is 2.79. The van der Waals surface area contributed by atoms with Gasteiger partial charge in [-0.05, 0) is 23.3 Å². The van der Waals surface area contributed by atoms with Crippen LogP contribution >= 0.6 is 0 Å². The van der Waals surface area contributed by atoms with E-state index in [2.05, 4.69) is 0 Å². The fraction of sp³-hybridized carbons (Fsp3) is 0.0714. The number of carbonyl (C=O) groups is 1. The van der Waals surface area contributed by atoms with Crippen LogP contribution in [0.5, 0.6) is 5.75 Å². The molecule has 0 bridgehead atoms. The second-order valence-corrected chi connectivity index (χ2v) is 4.26. The molecule has 2 nitrogen and oxygen atoms in total. The standard InChI is InChI=1S/C14H11BF3O2.K/c16-15(17,18)14-7-6-13(8-12(14)9-19)20-10-11-4-2-1-3-5-11;/h1-9H,10H2;/q-1;+1. The molecule has 0 saturated heterocycles. The molecule has 104 valence electrons. The largest absolute Gasteiger partial charge is 1.00 e. The van der Waals surface area contributed by atoms with Crippen LogP contribution in [0.1, 0.15) is 15.9 Å². The van der Waals surface area contributed by atoms with Gasteiger partial charge >= 0.3 is 58.4 Å². The van der Waals surface area contributed by atoms with Crippen molar-refractivity contribution < 1.29 is 73.9 Å². The maximum absolute atomic E-state index is 12.7. The van der Waals surface area contributed by atoms with E-state index in [-0.39, 0.29) is 70.0 Å². The summed E-state index contributed by atoms with van der Waals surface area (Å²) in [5.74, 6) is 0.236. The molecule has 0 N–H and O–H groups in total. The first-order valence-corrected chi connectivity index (χ1v) is 5.96. The number of halogens is 3. The van der Waals surface area contributed by atoms with Crippen LogP contribution in [0.25, 0.3) is 0 Å². The van der Waals surface area contributed by atoms with Crippen LogP contribution < -0.4 is 61.6 Å². The van der Waals surface area contributed by atoms with Crippen molar-refractivity contribution in [2.75, 3.05) is 0 Å². The smallest absolute Gasteiger partial charge is 0.489 e. The predicted octanol–water partition coefficient (Wildman–Crippen LogP) is 0.137. The van der Waals surface area contributed by atoms with Crippen molar-refractivity contribution in [3.8, 4) is 5.75 Å². The Morgan fingerprint density at radius 3 is 2.29 bits per heavy atom. The van der Waals surface area contributed by atoms with E-state index >= 15 is 0 Å². The molecule has 0 aromatic heterocycles. The van der Waals surface area contributed by atoms with Gasteiger partial charge in [0.05, 0.1) is 0 Å². The summed E-state index contributed by atoms with van der Waals surface area (Å²) in [5, 5.41) is 0. The zero-order chi connectivity index (χ0) is 14.6. The molecule has 0 aliphatic heterocycles. The summed E-state index contributed by atoms with van der Waals surface area (Å²) in [7, 11) is 0. The van der Waals surface area contributed by atoms with Gasteiger partial charge in [0.15, 0.2) is 0 Å². The normalized spacial score (nSPS) is 10.6. The van der Waals surface area contributed by atoms with Crippen molar-refractivity contribution in [2.45, 2.75) is 6.61 Å². The van der Waals surface area contributed by atoms with Gasteiger partial charge in [-0.3, -0.25) is 4.79 Å². The number of rotatable bonds is 5. The zero-order valence-corrected chi connectivity index (χ0v) is 14.6. The minimum atomic E-state index is -5.20. The van der Waals surface area contributed by atoms with E-state index in [0.717, 1.165) is 17.7 Å². The Morgan fingerprint density at radius 2 is 1.71 bits per heavy atom. The van der Waals surface area contributed by atoms with Gasteiger partial charge in [-0.1, -0.05) is 41.9 Å². The zero-order valence-electron chi connectivity index (χ0n) is 11.4. The molecule has 0 aliphatic rings. The predicted molar refractivity (Wildman–Crippen MR) is 71.3 cm³/mol. The average Bonchev–Trinajstić information content (AvgIpc) is 2.45. The van der Waals surface area contributed by atoms with Crippen molar-refractivity contribution >= 4 is 18.7 Å². The molecule has 0 heterocycles. The molecule has 2 aromatic carbocycles. The van der Waals surface area contributed by atoms with E-state index in [0.29, 0.717) is 0 Å². The molecule has 0 unspecified atom stereocenters. The molecule has 0 radical (unpaired) electrons. The van der Waals surface area contributed by atoms with Gasteiger partial charge in [-0.2, -0.15) is 0 Å². The molecule has 7 heteroatoms. The average molecular weight is 318 g/mol. The van der Waals surface area contributed by atoms with E-state index < -0.39 is 18.0 Å². The molecule has 0 spiro atoms. The SMILES string of the molecule is O=Cc1cc(OCc2ccccc2)ccc1[B-](F)(F)F.[K+]. The molecule has 0 amide bonds. The van der Waals surface area contributed by atoms with E-state index in [4.69, 9.17) is 4.74 Å². The van der Waals surface area contributed by atoms with Crippen molar-refractivity contribution in [3.05, 3.63) is 59.7 Å². The fourth-order valence-corrected chi connectivity index (χ4v) is 1.78. The van der Waals surface area contributed by atoms with Crippen molar-refractivity contribution in [1.82, 2.24) is 0 Å². The van der Waals surface area contributed by atoms with Gasteiger partial charge in [-0.15, -0.1) is 0 Å². The molecular formula is C14H11BF3KO2. The Balaban J connectivity index is 0.00000220. The van der Waals surface area contributed by atoms with Crippen LogP contribution in [0, 0.1) is 0 Å². The fourth-order valence-electron chi connectivity index (χ4n) is 1.78. The topological polar surface area (TPSA) is 26.3 Å². The van der Waals surface area contributed by atoms with Crippen molar-refractivity contribution in [2.24, 2.45) is 0 Å². The summed E-state index contributed by atoms with van der Waals surface area (Å²) < 4.78 is 43.4. The molecule has 21 heavy (non-hydrogen) atoms. The first-order chi connectivity index (χ1) is 9.50. The summed E-state index contributed by atoms with van der Waals surface area (Å²) in [6, 6.07) is 12.4. The second kappa shape index (κ2) is 8.14. The van der Waals surface area contributed by atoms with Crippen LogP contribution in [0.4, 0.5) is 12.9 Å². The van der Waals surface area contributed by atoms with Crippen LogP contribution in [0.2, 0.25) is 0 Å². The van der Waals surface area contributed by atoms with Crippen LogP contribution in [-0.2, 0) is 6.61 Å². The monoisotopic (exact) mass is 318 g/mol. The van der Waals surface area contributed by atoms with Gasteiger partial charge in [0.2, 0.25) is 0 Å². The van der Waals surface area contributed by atoms with Gasteiger partial charge in [0.25, 0.3) is 0 Å². The second-order valence-electron chi connectivity index (χ2n) is 4.26. The molecular weight excluding hydrogens is 307 g/mol. The summed E-state index contributed by atoms with van der Waals surface area (Å²) in [5.41, 5.74) is -0.403. The molecule has 2 aromatic rings. The van der Waals surface area contributed by atoms with Gasteiger partial charge in [0.1, 0.15) is 18.6 Å². The summed E-state index contributed by atoms with van der Waals surface area (Å²) >= 11 is 0. The number of hydrogen-bond donors (Lipinski definition) is 0. The number of ether oxygens (including phenoxy) is 1. The van der Waals surface area contributed by atoms with E-state index in [1.54, 1.807) is 0 Å². The Labute approximate surface area is 163 Å². The van der Waals surface area contributed by atoms with E-state index in [1.807, 2.05) is 30.3 Å². The molecule has 0 saturated carbocycles. The van der Waals surface area contributed by atoms with Crippen LogP contribution in [0.3, 0.4) is 0 Å². The van der Waals surface area contributed by atoms with Gasteiger partial charge in [-0.25, -0.2) is 0 Å². The van der Waals surface area contributed by atoms with Crippen LogP contribution in [0.15, 0.2) is 48.5 Å². The first kappa shape index (κ1) is 18.5. The Hall–Kier alpha value is -0.599. The molecule has 0 atom stereocenters. The maximum Gasteiger partial charge on any atom is 1.00 e. The van der Waals surface area contributed by atoms with Gasteiger partial charge < -0.3 is 17.7 Å². The molecule has 0 aliphatic carbocycles. The maximum atomic E-state index is 12.7. The Kier molecular flexibility index (Phi) is 7.16. The first-order valence-electron chi connectivity index (χ1n) is 5.96. The summed E-state index contributed by atoms with van der Waals surface area (Å²) in [6.07, 6.45) is 0.194. The molecule has 0 fully saturated rings. The van der Waals surface area contributed by atoms with Crippen molar-refractivity contribution in [1.29, 1.82) is 0 Å². The Bertz CT molecular complexity index is 603. The number of benzene rings is 2. The summed E-state index contributed by atoms with van der Waals surface area (Å²) in [6.45, 7) is -4.97. The summed E-state index contributed by atoms with van der Waals surface area (Å²) in [4.78, 5) is 10.8.